The zero-order valence-corrected chi connectivity index (χ0v) is 44.6. The molecule has 23 heteroatoms. The summed E-state index contributed by atoms with van der Waals surface area (Å²) in [6.45, 7) is 16.2. The summed E-state index contributed by atoms with van der Waals surface area (Å²) in [6.07, 6.45) is 1.12. The van der Waals surface area contributed by atoms with Gasteiger partial charge in [-0.2, -0.15) is 8.42 Å². The molecular weight excluding hydrogens is 1010 g/mol. The first-order valence-corrected chi connectivity index (χ1v) is 27.7. The van der Waals surface area contributed by atoms with E-state index < -0.39 is 48.1 Å². The van der Waals surface area contributed by atoms with E-state index in [1.165, 1.54) is 6.07 Å². The minimum absolute atomic E-state index is 0.00759. The Morgan fingerprint density at radius 3 is 1.69 bits per heavy atom. The molecule has 410 valence electrons. The maximum absolute atomic E-state index is 14.9. The van der Waals surface area contributed by atoms with Crippen LogP contribution in [0.3, 0.4) is 0 Å². The van der Waals surface area contributed by atoms with Crippen LogP contribution in [0.15, 0.2) is 51.2 Å². The van der Waals surface area contributed by atoms with Crippen LogP contribution in [0.2, 0.25) is 0 Å². The minimum atomic E-state index is -5.12. The molecule has 0 amide bonds. The van der Waals surface area contributed by atoms with Gasteiger partial charge in [-0.05, 0) is 87.3 Å². The molecule has 6 rings (SSSR count). The van der Waals surface area contributed by atoms with Crippen molar-refractivity contribution in [3.63, 3.8) is 0 Å². The van der Waals surface area contributed by atoms with Crippen molar-refractivity contribution in [2.75, 3.05) is 118 Å². The summed E-state index contributed by atoms with van der Waals surface area (Å²) in [5.41, 5.74) is 0.562. The lowest BCUT2D eigenvalue weighted by Gasteiger charge is -2.40. The fourth-order valence-corrected chi connectivity index (χ4v) is 11.5. The van der Waals surface area contributed by atoms with Gasteiger partial charge in [-0.25, -0.2) is 17.9 Å². The molecule has 3 aromatic rings. The van der Waals surface area contributed by atoms with Gasteiger partial charge < -0.3 is 58.2 Å². The highest BCUT2D eigenvalue weighted by Gasteiger charge is 2.42. The van der Waals surface area contributed by atoms with Crippen LogP contribution < -0.4 is 25.4 Å². The molecule has 3 heterocycles. The quantitative estimate of drug-likeness (QED) is 0.0333. The highest BCUT2D eigenvalue weighted by Crippen LogP contribution is 2.52. The van der Waals surface area contributed by atoms with E-state index in [1.807, 2.05) is 41.5 Å². The predicted octanol–water partition coefficient (Wildman–Crippen LogP) is 4.47. The van der Waals surface area contributed by atoms with E-state index in [0.29, 0.717) is 103 Å². The van der Waals surface area contributed by atoms with Crippen LogP contribution in [0.5, 0.6) is 11.5 Å². The van der Waals surface area contributed by atoms with Crippen molar-refractivity contribution in [2.24, 2.45) is 4.99 Å². The number of sulfonamides is 1. The second kappa shape index (κ2) is 26.4. The molecule has 0 saturated carbocycles. The molecule has 21 nitrogen and oxygen atoms in total. The number of aromatic carboxylic acids is 1. The molecule has 5 N–H and O–H groups in total. The normalized spacial score (nSPS) is 17.5. The molecule has 3 aromatic carbocycles. The SMILES string of the molecule is CC1CC(C)(C)Nc2c1cc1c(c2S(=O)(=O)NCCOCCOCCOCCOCCOCCOCCOCCOCCC(=O)O)Oc2c(S(=O)(=O)O)c3c(cc2=C1c1ccccc1C(=O)O)C(C)CC(C)(C)N=3. The van der Waals surface area contributed by atoms with E-state index in [0.717, 1.165) is 0 Å². The van der Waals surface area contributed by atoms with Gasteiger partial charge in [0.25, 0.3) is 10.1 Å². The van der Waals surface area contributed by atoms with Gasteiger partial charge in [0, 0.05) is 28.4 Å². The zero-order chi connectivity index (χ0) is 53.7. The molecule has 0 spiro atoms. The summed E-state index contributed by atoms with van der Waals surface area (Å²) >= 11 is 0. The average Bonchev–Trinajstić information content (AvgIpc) is 3.30. The van der Waals surface area contributed by atoms with Crippen LogP contribution in [0.25, 0.3) is 5.57 Å². The van der Waals surface area contributed by atoms with Gasteiger partial charge in [-0.1, -0.05) is 32.0 Å². The van der Waals surface area contributed by atoms with Crippen LogP contribution in [0.1, 0.15) is 105 Å². The summed E-state index contributed by atoms with van der Waals surface area (Å²) in [5, 5.41) is 22.6. The summed E-state index contributed by atoms with van der Waals surface area (Å²) in [7, 11) is -9.66. The van der Waals surface area contributed by atoms with E-state index >= 15 is 0 Å². The largest absolute Gasteiger partial charge is 0.481 e. The Balaban J connectivity index is 1.05. The van der Waals surface area contributed by atoms with Gasteiger partial charge in [-0.15, -0.1) is 0 Å². The van der Waals surface area contributed by atoms with Crippen LogP contribution in [0.4, 0.5) is 5.69 Å². The number of ether oxygens (including phenoxy) is 9. The number of nitrogens with zero attached hydrogens (tertiary/aromatic N) is 1. The molecular formula is C51H71N3O18S2. The number of hydrogen-bond donors (Lipinski definition) is 5. The van der Waals surface area contributed by atoms with Gasteiger partial charge in [0.05, 0.1) is 134 Å². The van der Waals surface area contributed by atoms with E-state index in [1.54, 1.807) is 30.3 Å². The number of aliphatic carboxylic acids is 1. The first-order valence-electron chi connectivity index (χ1n) is 24.7. The Bertz CT molecular complexity index is 2800. The minimum Gasteiger partial charge on any atom is -0.481 e. The van der Waals surface area contributed by atoms with Crippen LogP contribution in [-0.2, 0) is 62.8 Å². The van der Waals surface area contributed by atoms with E-state index in [4.69, 9.17) is 52.7 Å². The fourth-order valence-electron chi connectivity index (χ4n) is 9.41. The van der Waals surface area contributed by atoms with Gasteiger partial charge >= 0.3 is 11.9 Å². The molecule has 0 fully saturated rings. The maximum atomic E-state index is 14.9. The van der Waals surface area contributed by atoms with Crippen LogP contribution >= 0.6 is 0 Å². The lowest BCUT2D eigenvalue weighted by molar-refractivity contribution is -0.138. The second-order valence-corrected chi connectivity index (χ2v) is 22.5. The van der Waals surface area contributed by atoms with E-state index in [9.17, 15) is 36.1 Å². The van der Waals surface area contributed by atoms with Crippen molar-refractivity contribution in [3.05, 3.63) is 74.8 Å². The third-order valence-electron chi connectivity index (χ3n) is 12.4. The van der Waals surface area contributed by atoms with Crippen molar-refractivity contribution < 1.29 is 83.8 Å². The average molecular weight is 1080 g/mol. The monoisotopic (exact) mass is 1080 g/mol. The number of hydrogen-bond acceptors (Lipinski definition) is 17. The fraction of sp³-hybridized carbons (Fsp3) is 0.588. The number of benzene rings is 3. The standard InChI is InChI=1S/C51H71N3O18S2/c1-33-31-50(3,4)53-43-37(33)29-39-42(35-9-7-8-10-36(35)49(57)58)40-30-38-34(2)32-51(5,6)54-44(38)48(74(61,62)63)46(40)72-45(39)47(43)73(59,60)52-12-14-65-16-18-67-20-22-69-24-26-71-28-27-70-25-23-68-21-19-66-17-15-64-13-11-41(55)56/h7-10,29-30,33-34,52-53H,11-28,31-32H2,1-6H3,(H,55,56)(H,57,58)(H,61,62,63). The first kappa shape index (κ1) is 58.6. The number of carboxylic acids is 2. The van der Waals surface area contributed by atoms with Crippen molar-refractivity contribution in [3.8, 4) is 11.5 Å². The Kier molecular flexibility index (Phi) is 20.9. The maximum Gasteiger partial charge on any atom is 0.336 e. The Hall–Kier alpha value is -4.63. The van der Waals surface area contributed by atoms with Crippen LogP contribution in [-0.4, -0.2) is 167 Å². The summed E-state index contributed by atoms with van der Waals surface area (Å²) in [4.78, 5) is 27.1. The Labute approximate surface area is 432 Å². The molecule has 0 radical (unpaired) electrons. The van der Waals surface area contributed by atoms with E-state index in [2.05, 4.69) is 10.0 Å². The number of carbonyl (C=O) groups is 2. The number of anilines is 1. The van der Waals surface area contributed by atoms with Crippen molar-refractivity contribution in [1.29, 1.82) is 0 Å². The number of nitrogens with one attached hydrogen (secondary N) is 2. The number of fused-ring (bicyclic) bond motifs is 4. The molecule has 0 saturated heterocycles. The zero-order valence-electron chi connectivity index (χ0n) is 43.0. The molecule has 2 atom stereocenters. The van der Waals surface area contributed by atoms with Crippen molar-refractivity contribution in [2.45, 2.75) is 93.5 Å². The Morgan fingerprint density at radius 1 is 0.676 bits per heavy atom. The highest BCUT2D eigenvalue weighted by atomic mass is 32.2. The van der Waals surface area contributed by atoms with Crippen molar-refractivity contribution in [1.82, 2.24) is 4.72 Å². The van der Waals surface area contributed by atoms with Gasteiger partial charge in [0.1, 0.15) is 4.90 Å². The molecule has 3 aliphatic heterocycles. The molecule has 2 unspecified atom stereocenters. The second-order valence-electron chi connectivity index (χ2n) is 19.5. The molecule has 0 aliphatic carbocycles. The van der Waals surface area contributed by atoms with Gasteiger partial charge in [0.15, 0.2) is 16.4 Å². The number of rotatable bonds is 32. The third kappa shape index (κ3) is 15.7. The molecule has 0 bridgehead atoms. The molecule has 3 aliphatic rings. The van der Waals surface area contributed by atoms with Gasteiger partial charge in [-0.3, -0.25) is 14.3 Å². The van der Waals surface area contributed by atoms with Gasteiger partial charge in [0.2, 0.25) is 10.0 Å². The summed E-state index contributed by atoms with van der Waals surface area (Å²) < 4.78 is 121. The van der Waals surface area contributed by atoms with Crippen LogP contribution in [0, 0.1) is 0 Å². The van der Waals surface area contributed by atoms with Crippen molar-refractivity contribution >= 4 is 43.3 Å². The topological polar surface area (TPSA) is 283 Å². The lowest BCUT2D eigenvalue weighted by atomic mass is 9.79. The first-order chi connectivity index (χ1) is 35.1. The Morgan fingerprint density at radius 2 is 1.18 bits per heavy atom. The predicted molar refractivity (Wildman–Crippen MR) is 270 cm³/mol. The molecule has 0 aromatic heterocycles. The molecule has 74 heavy (non-hydrogen) atoms. The number of carboxylic acid groups (broad SMARTS) is 2. The lowest BCUT2D eigenvalue weighted by Crippen LogP contribution is -2.40. The third-order valence-corrected chi connectivity index (χ3v) is 14.8. The van der Waals surface area contributed by atoms with E-state index in [-0.39, 0.29) is 106 Å². The summed E-state index contributed by atoms with van der Waals surface area (Å²) in [5.74, 6) is -3.23. The summed E-state index contributed by atoms with van der Waals surface area (Å²) in [6, 6.07) is 9.71. The smallest absolute Gasteiger partial charge is 0.336 e. The highest BCUT2D eigenvalue weighted by molar-refractivity contribution is 7.89.